The van der Waals surface area contributed by atoms with E-state index in [-0.39, 0.29) is 5.89 Å². The first-order valence-electron chi connectivity index (χ1n) is 6.85. The summed E-state index contributed by atoms with van der Waals surface area (Å²) in [4.78, 5) is 16.4. The van der Waals surface area contributed by atoms with Crippen molar-refractivity contribution in [2.75, 3.05) is 5.32 Å². The third-order valence-corrected chi connectivity index (χ3v) is 3.84. The van der Waals surface area contributed by atoms with Crippen LogP contribution in [0, 0.1) is 0 Å². The zero-order valence-corrected chi connectivity index (χ0v) is 12.6. The van der Waals surface area contributed by atoms with Crippen molar-refractivity contribution in [2.45, 2.75) is 0 Å². The number of nitrogens with one attached hydrogen (secondary N) is 1. The summed E-state index contributed by atoms with van der Waals surface area (Å²) in [7, 11) is 0. The van der Waals surface area contributed by atoms with Crippen LogP contribution in [-0.2, 0) is 0 Å². The van der Waals surface area contributed by atoms with Crippen molar-refractivity contribution in [1.29, 1.82) is 0 Å². The summed E-state index contributed by atoms with van der Waals surface area (Å²) in [5.74, 6) is 0.126. The zero-order valence-electron chi connectivity index (χ0n) is 11.8. The van der Waals surface area contributed by atoms with Crippen molar-refractivity contribution < 1.29 is 9.21 Å². The molecule has 0 unspecified atom stereocenters. The van der Waals surface area contributed by atoms with E-state index in [4.69, 9.17) is 4.42 Å². The second-order valence-electron chi connectivity index (χ2n) is 4.79. The normalized spacial score (nSPS) is 10.8. The maximum atomic E-state index is 12.3. The molecule has 7 heteroatoms. The Kier molecular flexibility index (Phi) is 3.32. The molecule has 112 valence electrons. The predicted octanol–water partition coefficient (Wildman–Crippen LogP) is 3.60. The molecule has 2 aromatic heterocycles. The summed E-state index contributed by atoms with van der Waals surface area (Å²) in [6.07, 6.45) is 1.54. The van der Waals surface area contributed by atoms with Crippen LogP contribution in [0.3, 0.4) is 0 Å². The highest BCUT2D eigenvalue weighted by Gasteiger charge is 2.16. The van der Waals surface area contributed by atoms with Gasteiger partial charge in [-0.1, -0.05) is 36.4 Å². The first-order chi connectivity index (χ1) is 11.3. The molecule has 23 heavy (non-hydrogen) atoms. The van der Waals surface area contributed by atoms with Crippen LogP contribution in [0.25, 0.3) is 22.4 Å². The molecule has 0 radical (unpaired) electrons. The molecule has 0 saturated heterocycles. The predicted molar refractivity (Wildman–Crippen MR) is 87.3 cm³/mol. The van der Waals surface area contributed by atoms with Crippen LogP contribution in [0.1, 0.15) is 10.7 Å². The molecule has 2 aromatic carbocycles. The number of fused-ring (bicyclic) bond motifs is 1. The topological polar surface area (TPSA) is 80.9 Å². The molecule has 2 heterocycles. The molecular weight excluding hydrogens is 312 g/mol. The summed E-state index contributed by atoms with van der Waals surface area (Å²) in [5.41, 5.74) is 2.84. The Morgan fingerprint density at radius 3 is 2.78 bits per heavy atom. The standard InChI is InChI=1S/C16H10N4O2S/c21-15(18-11-7-4-8-12-14(11)20-23-19-12)16-17-9-13(22-16)10-5-2-1-3-6-10/h1-9H,(H,18,21). The number of hydrogen-bond donors (Lipinski definition) is 1. The molecule has 4 rings (SSSR count). The molecule has 1 N–H and O–H groups in total. The lowest BCUT2D eigenvalue weighted by Crippen LogP contribution is -2.12. The van der Waals surface area contributed by atoms with E-state index in [0.29, 0.717) is 17.0 Å². The Balaban J connectivity index is 1.60. The van der Waals surface area contributed by atoms with Crippen LogP contribution < -0.4 is 5.32 Å². The van der Waals surface area contributed by atoms with Crippen molar-refractivity contribution in [3.63, 3.8) is 0 Å². The fourth-order valence-corrected chi connectivity index (χ4v) is 2.75. The van der Waals surface area contributed by atoms with Gasteiger partial charge in [-0.3, -0.25) is 4.79 Å². The number of nitrogens with zero attached hydrogens (tertiary/aromatic N) is 3. The number of carbonyl (C=O) groups is 1. The number of carbonyl (C=O) groups excluding carboxylic acids is 1. The van der Waals surface area contributed by atoms with E-state index in [0.717, 1.165) is 22.8 Å². The average Bonchev–Trinajstić information content (AvgIpc) is 3.25. The number of aromatic nitrogens is 3. The fourth-order valence-electron chi connectivity index (χ4n) is 2.20. The molecule has 0 bridgehead atoms. The van der Waals surface area contributed by atoms with Gasteiger partial charge in [-0.2, -0.15) is 8.75 Å². The third kappa shape index (κ3) is 2.58. The minimum atomic E-state index is -0.423. The number of oxazole rings is 1. The molecule has 0 saturated carbocycles. The summed E-state index contributed by atoms with van der Waals surface area (Å²) < 4.78 is 13.9. The smallest absolute Gasteiger partial charge is 0.311 e. The Labute approximate surface area is 135 Å². The molecule has 4 aromatic rings. The van der Waals surface area contributed by atoms with Crippen LogP contribution in [-0.4, -0.2) is 19.6 Å². The van der Waals surface area contributed by atoms with E-state index < -0.39 is 5.91 Å². The molecule has 0 aliphatic carbocycles. The van der Waals surface area contributed by atoms with Gasteiger partial charge in [0.05, 0.1) is 23.6 Å². The second-order valence-corrected chi connectivity index (χ2v) is 5.32. The van der Waals surface area contributed by atoms with Gasteiger partial charge in [0.1, 0.15) is 11.0 Å². The van der Waals surface area contributed by atoms with E-state index in [2.05, 4.69) is 19.0 Å². The number of amides is 1. The van der Waals surface area contributed by atoms with Gasteiger partial charge >= 0.3 is 5.91 Å². The molecule has 0 fully saturated rings. The monoisotopic (exact) mass is 322 g/mol. The van der Waals surface area contributed by atoms with Gasteiger partial charge in [0, 0.05) is 5.56 Å². The van der Waals surface area contributed by atoms with Gasteiger partial charge in [0.2, 0.25) is 0 Å². The van der Waals surface area contributed by atoms with E-state index in [1.54, 1.807) is 6.07 Å². The lowest BCUT2D eigenvalue weighted by molar-refractivity contribution is 0.0991. The van der Waals surface area contributed by atoms with E-state index in [9.17, 15) is 4.79 Å². The maximum absolute atomic E-state index is 12.3. The minimum absolute atomic E-state index is 0.00375. The van der Waals surface area contributed by atoms with Crippen molar-refractivity contribution in [1.82, 2.24) is 13.7 Å². The molecule has 1 amide bonds. The SMILES string of the molecule is O=C(Nc1cccc2nsnc12)c1ncc(-c2ccccc2)o1. The van der Waals surface area contributed by atoms with Crippen LogP contribution in [0.15, 0.2) is 59.1 Å². The van der Waals surface area contributed by atoms with Crippen LogP contribution in [0.5, 0.6) is 0 Å². The van der Waals surface area contributed by atoms with Crippen molar-refractivity contribution in [2.24, 2.45) is 0 Å². The highest BCUT2D eigenvalue weighted by Crippen LogP contribution is 2.23. The number of benzene rings is 2. The number of rotatable bonds is 3. The largest absolute Gasteiger partial charge is 0.432 e. The summed E-state index contributed by atoms with van der Waals surface area (Å²) >= 11 is 1.10. The Morgan fingerprint density at radius 1 is 1.04 bits per heavy atom. The van der Waals surface area contributed by atoms with E-state index in [1.165, 1.54) is 6.20 Å². The molecular formula is C16H10N4O2S. The zero-order chi connectivity index (χ0) is 15.6. The first-order valence-corrected chi connectivity index (χ1v) is 7.58. The van der Waals surface area contributed by atoms with Crippen molar-refractivity contribution >= 4 is 34.4 Å². The number of hydrogen-bond acceptors (Lipinski definition) is 6. The highest BCUT2D eigenvalue weighted by molar-refractivity contribution is 7.00. The third-order valence-electron chi connectivity index (χ3n) is 3.29. The fraction of sp³-hybridized carbons (Fsp3) is 0. The summed E-state index contributed by atoms with van der Waals surface area (Å²) in [6.45, 7) is 0. The number of anilines is 1. The lowest BCUT2D eigenvalue weighted by Gasteiger charge is -2.02. The van der Waals surface area contributed by atoms with Gasteiger partial charge in [0.15, 0.2) is 5.76 Å². The maximum Gasteiger partial charge on any atom is 0.311 e. The Morgan fingerprint density at radius 2 is 1.91 bits per heavy atom. The quantitative estimate of drug-likeness (QED) is 0.623. The molecule has 0 atom stereocenters. The van der Waals surface area contributed by atoms with Crippen LogP contribution in [0.4, 0.5) is 5.69 Å². The van der Waals surface area contributed by atoms with Gasteiger partial charge in [-0.25, -0.2) is 4.98 Å². The minimum Gasteiger partial charge on any atom is -0.432 e. The van der Waals surface area contributed by atoms with Gasteiger partial charge in [-0.05, 0) is 12.1 Å². The van der Waals surface area contributed by atoms with Crippen LogP contribution in [0.2, 0.25) is 0 Å². The van der Waals surface area contributed by atoms with Crippen molar-refractivity contribution in [3.05, 3.63) is 60.6 Å². The second kappa shape index (κ2) is 5.62. The van der Waals surface area contributed by atoms with E-state index in [1.807, 2.05) is 42.5 Å². The van der Waals surface area contributed by atoms with Gasteiger partial charge in [0.25, 0.3) is 5.89 Å². The first kappa shape index (κ1) is 13.6. The molecule has 0 aliphatic heterocycles. The summed E-state index contributed by atoms with van der Waals surface area (Å²) in [5, 5.41) is 2.76. The van der Waals surface area contributed by atoms with Crippen molar-refractivity contribution in [3.8, 4) is 11.3 Å². The van der Waals surface area contributed by atoms with Gasteiger partial charge in [-0.15, -0.1) is 0 Å². The Hall–Kier alpha value is -3.06. The average molecular weight is 322 g/mol. The van der Waals surface area contributed by atoms with Crippen LogP contribution >= 0.6 is 11.7 Å². The lowest BCUT2D eigenvalue weighted by atomic mass is 10.2. The Bertz CT molecular complexity index is 978. The van der Waals surface area contributed by atoms with E-state index >= 15 is 0 Å². The molecule has 6 nitrogen and oxygen atoms in total. The summed E-state index contributed by atoms with van der Waals surface area (Å²) in [6, 6.07) is 14.9. The highest BCUT2D eigenvalue weighted by atomic mass is 32.1. The molecule has 0 aliphatic rings. The molecule has 0 spiro atoms. The van der Waals surface area contributed by atoms with Gasteiger partial charge < -0.3 is 9.73 Å².